The van der Waals surface area contributed by atoms with E-state index in [1.807, 2.05) is 24.3 Å². The number of nitrogen functional groups attached to an aromatic ring is 1. The number of hydrogen-bond acceptors (Lipinski definition) is 2. The molecule has 0 fully saturated rings. The SMILES string of the molecule is CCCCNC(c1ccccc1)c1ccccc1N. The van der Waals surface area contributed by atoms with Gasteiger partial charge in [-0.1, -0.05) is 61.9 Å². The predicted octanol–water partition coefficient (Wildman–Crippen LogP) is 3.75. The molecule has 0 spiro atoms. The molecule has 0 aliphatic heterocycles. The number of para-hydroxylation sites is 1. The Bertz CT molecular complexity index is 494. The highest BCUT2D eigenvalue weighted by Gasteiger charge is 2.14. The summed E-state index contributed by atoms with van der Waals surface area (Å²) in [5.41, 5.74) is 9.39. The van der Waals surface area contributed by atoms with Crippen molar-refractivity contribution in [3.8, 4) is 0 Å². The number of unbranched alkanes of at least 4 members (excludes halogenated alkanes) is 1. The first-order valence-electron chi connectivity index (χ1n) is 6.95. The van der Waals surface area contributed by atoms with Crippen LogP contribution < -0.4 is 11.1 Å². The summed E-state index contributed by atoms with van der Waals surface area (Å²) in [6.07, 6.45) is 2.37. The van der Waals surface area contributed by atoms with E-state index in [4.69, 9.17) is 5.73 Å². The van der Waals surface area contributed by atoms with E-state index < -0.39 is 0 Å². The number of nitrogens with two attached hydrogens (primary N) is 1. The highest BCUT2D eigenvalue weighted by atomic mass is 14.9. The Kier molecular flexibility index (Phi) is 4.99. The summed E-state index contributed by atoms with van der Waals surface area (Å²) < 4.78 is 0. The van der Waals surface area contributed by atoms with Crippen LogP contribution in [0.3, 0.4) is 0 Å². The lowest BCUT2D eigenvalue weighted by Crippen LogP contribution is -2.24. The molecule has 0 radical (unpaired) electrons. The molecule has 2 rings (SSSR count). The fourth-order valence-corrected chi connectivity index (χ4v) is 2.25. The van der Waals surface area contributed by atoms with Crippen LogP contribution in [0.1, 0.15) is 36.9 Å². The van der Waals surface area contributed by atoms with E-state index >= 15 is 0 Å². The lowest BCUT2D eigenvalue weighted by Gasteiger charge is -2.21. The zero-order valence-electron chi connectivity index (χ0n) is 11.5. The van der Waals surface area contributed by atoms with Crippen LogP contribution in [0.4, 0.5) is 5.69 Å². The predicted molar refractivity (Wildman–Crippen MR) is 82.1 cm³/mol. The van der Waals surface area contributed by atoms with Gasteiger partial charge in [0.15, 0.2) is 0 Å². The minimum Gasteiger partial charge on any atom is -0.398 e. The fraction of sp³-hybridized carbons (Fsp3) is 0.294. The maximum Gasteiger partial charge on any atom is 0.0597 e. The molecule has 1 unspecified atom stereocenters. The molecule has 0 heterocycles. The summed E-state index contributed by atoms with van der Waals surface area (Å²) in [4.78, 5) is 0. The summed E-state index contributed by atoms with van der Waals surface area (Å²) in [5, 5.41) is 3.61. The molecule has 0 aliphatic carbocycles. The first-order valence-corrected chi connectivity index (χ1v) is 6.95. The van der Waals surface area contributed by atoms with Gasteiger partial charge in [-0.25, -0.2) is 0 Å². The molecule has 1 atom stereocenters. The third-order valence-corrected chi connectivity index (χ3v) is 3.32. The number of rotatable bonds is 6. The van der Waals surface area contributed by atoms with Crippen LogP contribution in [-0.2, 0) is 0 Å². The lowest BCUT2D eigenvalue weighted by molar-refractivity contribution is 0.580. The van der Waals surface area contributed by atoms with Gasteiger partial charge in [0, 0.05) is 5.69 Å². The molecule has 2 nitrogen and oxygen atoms in total. The van der Waals surface area contributed by atoms with E-state index in [0.717, 1.165) is 17.8 Å². The van der Waals surface area contributed by atoms with Gasteiger partial charge < -0.3 is 11.1 Å². The van der Waals surface area contributed by atoms with Crippen molar-refractivity contribution in [1.82, 2.24) is 5.32 Å². The normalized spacial score (nSPS) is 12.3. The number of hydrogen-bond donors (Lipinski definition) is 2. The topological polar surface area (TPSA) is 38.0 Å². The Morgan fingerprint density at radius 1 is 1.00 bits per heavy atom. The van der Waals surface area contributed by atoms with Crippen LogP contribution in [0.2, 0.25) is 0 Å². The molecule has 0 saturated heterocycles. The Morgan fingerprint density at radius 2 is 1.68 bits per heavy atom. The smallest absolute Gasteiger partial charge is 0.0597 e. The largest absolute Gasteiger partial charge is 0.398 e. The average Bonchev–Trinajstić information content (AvgIpc) is 2.46. The fourth-order valence-electron chi connectivity index (χ4n) is 2.25. The quantitative estimate of drug-likeness (QED) is 0.608. The van der Waals surface area contributed by atoms with Gasteiger partial charge >= 0.3 is 0 Å². The molecule has 0 saturated carbocycles. The van der Waals surface area contributed by atoms with Crippen molar-refractivity contribution in [3.63, 3.8) is 0 Å². The van der Waals surface area contributed by atoms with Crippen LogP contribution in [0.25, 0.3) is 0 Å². The van der Waals surface area contributed by atoms with Gasteiger partial charge in [0.1, 0.15) is 0 Å². The van der Waals surface area contributed by atoms with Crippen molar-refractivity contribution >= 4 is 5.69 Å². The molecular formula is C17H22N2. The van der Waals surface area contributed by atoms with Crippen LogP contribution in [0.5, 0.6) is 0 Å². The maximum absolute atomic E-state index is 6.12. The highest BCUT2D eigenvalue weighted by Crippen LogP contribution is 2.26. The van der Waals surface area contributed by atoms with Gasteiger partial charge in [0.25, 0.3) is 0 Å². The summed E-state index contributed by atoms with van der Waals surface area (Å²) in [7, 11) is 0. The van der Waals surface area contributed by atoms with E-state index in [1.165, 1.54) is 18.4 Å². The van der Waals surface area contributed by atoms with E-state index in [-0.39, 0.29) is 6.04 Å². The summed E-state index contributed by atoms with van der Waals surface area (Å²) in [6.45, 7) is 3.21. The second kappa shape index (κ2) is 6.95. The third kappa shape index (κ3) is 3.58. The lowest BCUT2D eigenvalue weighted by atomic mass is 9.97. The van der Waals surface area contributed by atoms with Crippen molar-refractivity contribution < 1.29 is 0 Å². The van der Waals surface area contributed by atoms with Gasteiger partial charge in [-0.15, -0.1) is 0 Å². The minimum atomic E-state index is 0.175. The summed E-state index contributed by atoms with van der Waals surface area (Å²) in [5.74, 6) is 0. The molecule has 2 heteroatoms. The second-order valence-corrected chi connectivity index (χ2v) is 4.78. The maximum atomic E-state index is 6.12. The minimum absolute atomic E-state index is 0.175. The molecule has 19 heavy (non-hydrogen) atoms. The van der Waals surface area contributed by atoms with Crippen molar-refractivity contribution in [2.24, 2.45) is 0 Å². The van der Waals surface area contributed by atoms with Gasteiger partial charge in [0.2, 0.25) is 0 Å². The highest BCUT2D eigenvalue weighted by molar-refractivity contribution is 5.51. The second-order valence-electron chi connectivity index (χ2n) is 4.78. The van der Waals surface area contributed by atoms with Crippen LogP contribution in [0, 0.1) is 0 Å². The summed E-state index contributed by atoms with van der Waals surface area (Å²) in [6, 6.07) is 18.8. The van der Waals surface area contributed by atoms with Gasteiger partial charge in [-0.3, -0.25) is 0 Å². The third-order valence-electron chi connectivity index (χ3n) is 3.32. The first kappa shape index (κ1) is 13.6. The Labute approximate surface area is 115 Å². The Balaban J connectivity index is 2.27. The van der Waals surface area contributed by atoms with E-state index in [9.17, 15) is 0 Å². The van der Waals surface area contributed by atoms with E-state index in [1.54, 1.807) is 0 Å². The van der Waals surface area contributed by atoms with Crippen LogP contribution >= 0.6 is 0 Å². The van der Waals surface area contributed by atoms with Crippen molar-refractivity contribution in [2.75, 3.05) is 12.3 Å². The van der Waals surface area contributed by atoms with Crippen molar-refractivity contribution in [1.29, 1.82) is 0 Å². The molecule has 0 bridgehead atoms. The molecule has 2 aromatic rings. The molecule has 0 aliphatic rings. The van der Waals surface area contributed by atoms with E-state index in [2.05, 4.69) is 42.6 Å². The van der Waals surface area contributed by atoms with Crippen molar-refractivity contribution in [2.45, 2.75) is 25.8 Å². The molecule has 0 aromatic heterocycles. The van der Waals surface area contributed by atoms with Gasteiger partial charge in [-0.05, 0) is 30.2 Å². The molecule has 3 N–H and O–H groups in total. The first-order chi connectivity index (χ1) is 9.33. The van der Waals surface area contributed by atoms with Crippen LogP contribution in [0.15, 0.2) is 54.6 Å². The zero-order valence-corrected chi connectivity index (χ0v) is 11.5. The Morgan fingerprint density at radius 3 is 2.37 bits per heavy atom. The molecule has 0 amide bonds. The average molecular weight is 254 g/mol. The zero-order chi connectivity index (χ0) is 13.5. The van der Waals surface area contributed by atoms with Crippen molar-refractivity contribution in [3.05, 3.63) is 65.7 Å². The molecular weight excluding hydrogens is 232 g/mol. The Hall–Kier alpha value is -1.80. The van der Waals surface area contributed by atoms with Gasteiger partial charge in [0.05, 0.1) is 6.04 Å². The van der Waals surface area contributed by atoms with Crippen LogP contribution in [-0.4, -0.2) is 6.54 Å². The standard InChI is InChI=1S/C17H22N2/c1-2-3-13-19-17(14-9-5-4-6-10-14)15-11-7-8-12-16(15)18/h4-12,17,19H,2-3,13,18H2,1H3. The summed E-state index contributed by atoms with van der Waals surface area (Å²) >= 11 is 0. The van der Waals surface area contributed by atoms with Gasteiger partial charge in [-0.2, -0.15) is 0 Å². The molecule has 100 valence electrons. The monoisotopic (exact) mass is 254 g/mol. The number of benzene rings is 2. The number of nitrogens with one attached hydrogen (secondary N) is 1. The van der Waals surface area contributed by atoms with E-state index in [0.29, 0.717) is 0 Å². The molecule has 2 aromatic carbocycles. The number of anilines is 1.